The van der Waals surface area contributed by atoms with Gasteiger partial charge < -0.3 is 0 Å². The summed E-state index contributed by atoms with van der Waals surface area (Å²) in [5.74, 6) is -0.316. The van der Waals surface area contributed by atoms with Gasteiger partial charge in [-0.2, -0.15) is 0 Å². The molecular weight excluding hydrogens is 373 g/mol. The number of imide groups is 1. The van der Waals surface area contributed by atoms with Crippen LogP contribution in [0.5, 0.6) is 0 Å². The van der Waals surface area contributed by atoms with Gasteiger partial charge in [-0.15, -0.1) is 11.3 Å². The molecule has 2 heterocycles. The number of amides is 2. The molecule has 0 unspecified atom stereocenters. The highest BCUT2D eigenvalue weighted by atomic mass is 35.5. The lowest BCUT2D eigenvalue weighted by atomic mass is 10.2. The van der Waals surface area contributed by atoms with Crippen molar-refractivity contribution in [2.24, 2.45) is 0 Å². The molecule has 1 saturated heterocycles. The summed E-state index contributed by atoms with van der Waals surface area (Å²) in [6, 6.07) is 7.07. The van der Waals surface area contributed by atoms with Crippen molar-refractivity contribution < 1.29 is 9.59 Å². The van der Waals surface area contributed by atoms with E-state index in [0.29, 0.717) is 20.5 Å². The molecule has 118 valence electrons. The van der Waals surface area contributed by atoms with E-state index in [-0.39, 0.29) is 17.7 Å². The third-order valence-corrected chi connectivity index (χ3v) is 6.00. The average Bonchev–Trinajstić information content (AvgIpc) is 3.01. The Bertz CT molecular complexity index is 809. The Hall–Kier alpha value is -1.27. The van der Waals surface area contributed by atoms with Gasteiger partial charge >= 0.3 is 0 Å². The molecule has 3 nitrogen and oxygen atoms in total. The summed E-state index contributed by atoms with van der Waals surface area (Å²) in [7, 11) is 0. The molecule has 0 radical (unpaired) electrons. The molecule has 2 amide bonds. The topological polar surface area (TPSA) is 37.4 Å². The number of hydrogen-bond acceptors (Lipinski definition) is 4. The van der Waals surface area contributed by atoms with E-state index in [1.54, 1.807) is 24.3 Å². The number of aryl methyl sites for hydroxylation is 1. The zero-order valence-corrected chi connectivity index (χ0v) is 15.2. The maximum atomic E-state index is 12.5. The molecule has 1 aromatic heterocycles. The van der Waals surface area contributed by atoms with Crippen molar-refractivity contribution in [3.63, 3.8) is 0 Å². The lowest BCUT2D eigenvalue weighted by Gasteiger charge is -2.14. The normalized spacial score (nSPS) is 16.7. The van der Waals surface area contributed by atoms with Crippen LogP contribution in [0.15, 0.2) is 34.6 Å². The lowest BCUT2D eigenvalue weighted by molar-refractivity contribution is -0.123. The standard InChI is InChI=1S/C16H11Cl2NO2S2/c1-9-5-6-22-13(9)7-14-15(20)19(16(21)23-14)8-10-11(17)3-2-4-12(10)18/h2-7H,8H2,1H3/b14-7-. The summed E-state index contributed by atoms with van der Waals surface area (Å²) < 4.78 is 0. The Morgan fingerprint density at radius 1 is 1.17 bits per heavy atom. The smallest absolute Gasteiger partial charge is 0.268 e. The summed E-state index contributed by atoms with van der Waals surface area (Å²) in [5, 5.41) is 2.52. The second-order valence-electron chi connectivity index (χ2n) is 4.94. The van der Waals surface area contributed by atoms with E-state index in [1.807, 2.05) is 18.4 Å². The number of benzene rings is 1. The number of nitrogens with zero attached hydrogens (tertiary/aromatic N) is 1. The van der Waals surface area contributed by atoms with Gasteiger partial charge in [0, 0.05) is 20.5 Å². The van der Waals surface area contributed by atoms with Gasteiger partial charge in [-0.25, -0.2) is 0 Å². The van der Waals surface area contributed by atoms with Crippen molar-refractivity contribution in [1.82, 2.24) is 4.90 Å². The first-order valence-corrected chi connectivity index (χ1v) is 9.15. The predicted octanol–water partition coefficient (Wildman–Crippen LogP) is 5.60. The minimum absolute atomic E-state index is 0.0733. The second kappa shape index (κ2) is 6.69. The molecule has 23 heavy (non-hydrogen) atoms. The summed E-state index contributed by atoms with van der Waals surface area (Å²) in [5.41, 5.74) is 1.66. The fraction of sp³-hybridized carbons (Fsp3) is 0.125. The highest BCUT2D eigenvalue weighted by Crippen LogP contribution is 2.36. The van der Waals surface area contributed by atoms with Crippen molar-refractivity contribution in [3.05, 3.63) is 60.6 Å². The third kappa shape index (κ3) is 3.33. The van der Waals surface area contributed by atoms with Crippen LogP contribution in [0.2, 0.25) is 10.0 Å². The van der Waals surface area contributed by atoms with Crippen molar-refractivity contribution in [2.45, 2.75) is 13.5 Å². The van der Waals surface area contributed by atoms with E-state index in [1.165, 1.54) is 16.2 Å². The van der Waals surface area contributed by atoms with E-state index >= 15 is 0 Å². The first-order chi connectivity index (χ1) is 11.0. The molecule has 3 rings (SSSR count). The van der Waals surface area contributed by atoms with Crippen molar-refractivity contribution in [2.75, 3.05) is 0 Å². The van der Waals surface area contributed by atoms with E-state index in [4.69, 9.17) is 23.2 Å². The van der Waals surface area contributed by atoms with Crippen LogP contribution >= 0.6 is 46.3 Å². The quantitative estimate of drug-likeness (QED) is 0.647. The van der Waals surface area contributed by atoms with Crippen molar-refractivity contribution >= 4 is 63.5 Å². The van der Waals surface area contributed by atoms with Crippen LogP contribution in [0.4, 0.5) is 4.79 Å². The zero-order valence-electron chi connectivity index (χ0n) is 12.0. The van der Waals surface area contributed by atoms with E-state index in [9.17, 15) is 9.59 Å². The SMILES string of the molecule is Cc1ccsc1/C=C1\SC(=O)N(Cc2c(Cl)cccc2Cl)C1=O. The van der Waals surface area contributed by atoms with E-state index in [0.717, 1.165) is 22.2 Å². The maximum Gasteiger partial charge on any atom is 0.293 e. The molecule has 0 atom stereocenters. The molecule has 1 fully saturated rings. The number of thioether (sulfide) groups is 1. The summed E-state index contributed by atoms with van der Waals surface area (Å²) in [6.07, 6.45) is 1.76. The van der Waals surface area contributed by atoms with Gasteiger partial charge in [0.2, 0.25) is 0 Å². The van der Waals surface area contributed by atoms with E-state index in [2.05, 4.69) is 0 Å². The first-order valence-electron chi connectivity index (χ1n) is 6.69. The van der Waals surface area contributed by atoms with Crippen LogP contribution in [-0.2, 0) is 11.3 Å². The Morgan fingerprint density at radius 2 is 1.87 bits per heavy atom. The first kappa shape index (κ1) is 16.6. The number of carbonyl (C=O) groups is 2. The largest absolute Gasteiger partial charge is 0.293 e. The molecule has 0 aliphatic carbocycles. The summed E-state index contributed by atoms with van der Waals surface area (Å²) in [6.45, 7) is 2.04. The van der Waals surface area contributed by atoms with Crippen molar-refractivity contribution in [1.29, 1.82) is 0 Å². The van der Waals surface area contributed by atoms with Crippen LogP contribution in [0.1, 0.15) is 16.0 Å². The number of thiophene rings is 1. The van der Waals surface area contributed by atoms with Gasteiger partial charge in [0.1, 0.15) is 0 Å². The average molecular weight is 384 g/mol. The Morgan fingerprint density at radius 3 is 2.48 bits per heavy atom. The fourth-order valence-corrected chi connectivity index (χ4v) is 4.40. The van der Waals surface area contributed by atoms with Crippen molar-refractivity contribution in [3.8, 4) is 0 Å². The third-order valence-electron chi connectivity index (χ3n) is 3.42. The molecular formula is C16H11Cl2NO2S2. The number of carbonyl (C=O) groups excluding carboxylic acids is 2. The highest BCUT2D eigenvalue weighted by molar-refractivity contribution is 8.18. The van der Waals surface area contributed by atoms with Gasteiger partial charge in [0.05, 0.1) is 11.4 Å². The number of hydrogen-bond donors (Lipinski definition) is 0. The molecule has 0 N–H and O–H groups in total. The monoisotopic (exact) mass is 383 g/mol. The van der Waals surface area contributed by atoms with Gasteiger partial charge in [0.15, 0.2) is 0 Å². The zero-order chi connectivity index (χ0) is 16.6. The molecule has 7 heteroatoms. The highest BCUT2D eigenvalue weighted by Gasteiger charge is 2.35. The lowest BCUT2D eigenvalue weighted by Crippen LogP contribution is -2.27. The molecule has 0 spiro atoms. The Balaban J connectivity index is 1.88. The summed E-state index contributed by atoms with van der Waals surface area (Å²) >= 11 is 14.7. The molecule has 0 saturated carbocycles. The Kier molecular flexibility index (Phi) is 4.82. The minimum Gasteiger partial charge on any atom is -0.268 e. The molecule has 1 aromatic carbocycles. The van der Waals surface area contributed by atoms with Crippen LogP contribution in [0.3, 0.4) is 0 Å². The maximum absolute atomic E-state index is 12.5. The predicted molar refractivity (Wildman–Crippen MR) is 97.0 cm³/mol. The molecule has 2 aromatic rings. The van der Waals surface area contributed by atoms with Gasteiger partial charge in [-0.05, 0) is 53.9 Å². The van der Waals surface area contributed by atoms with E-state index < -0.39 is 0 Å². The van der Waals surface area contributed by atoms with Crippen LogP contribution in [0, 0.1) is 6.92 Å². The molecule has 1 aliphatic heterocycles. The van der Waals surface area contributed by atoms with Gasteiger partial charge in [-0.3, -0.25) is 14.5 Å². The second-order valence-corrected chi connectivity index (χ2v) is 7.69. The summed E-state index contributed by atoms with van der Waals surface area (Å²) in [4.78, 5) is 27.3. The van der Waals surface area contributed by atoms with Crippen LogP contribution in [0.25, 0.3) is 6.08 Å². The Labute approximate surface area is 151 Å². The molecule has 0 bridgehead atoms. The van der Waals surface area contributed by atoms with Gasteiger partial charge in [0.25, 0.3) is 11.1 Å². The van der Waals surface area contributed by atoms with Gasteiger partial charge in [-0.1, -0.05) is 29.3 Å². The molecule has 1 aliphatic rings. The minimum atomic E-state index is -0.316. The fourth-order valence-electron chi connectivity index (χ4n) is 2.13. The van der Waals surface area contributed by atoms with Crippen LogP contribution < -0.4 is 0 Å². The number of halogens is 2. The van der Waals surface area contributed by atoms with Crippen LogP contribution in [-0.4, -0.2) is 16.0 Å². The number of rotatable bonds is 3.